The van der Waals surface area contributed by atoms with Crippen LogP contribution in [0, 0.1) is 6.92 Å². The van der Waals surface area contributed by atoms with Crippen molar-refractivity contribution in [2.45, 2.75) is 25.9 Å². The van der Waals surface area contributed by atoms with E-state index in [1.54, 1.807) is 12.1 Å². The molecule has 0 unspecified atom stereocenters. The van der Waals surface area contributed by atoms with Gasteiger partial charge in [-0.05, 0) is 61.7 Å². The second-order valence-corrected chi connectivity index (χ2v) is 8.56. The van der Waals surface area contributed by atoms with Crippen molar-refractivity contribution in [2.75, 3.05) is 25.1 Å². The fraction of sp³-hybridized carbons (Fsp3) is 0.304. The van der Waals surface area contributed by atoms with Crippen LogP contribution in [0.4, 0.5) is 5.69 Å². The lowest BCUT2D eigenvalue weighted by Gasteiger charge is -2.17. The predicted octanol–water partition coefficient (Wildman–Crippen LogP) is 3.33. The van der Waals surface area contributed by atoms with Crippen LogP contribution in [0.2, 0.25) is 0 Å². The number of carbonyl (C=O) groups is 4. The molecule has 2 aliphatic heterocycles. The molecule has 32 heavy (non-hydrogen) atoms. The van der Waals surface area contributed by atoms with Gasteiger partial charge in [-0.2, -0.15) is 0 Å². The standard InChI is InChI=1S/C23H21BrN2O6/c1-13-9-15(5-7-19(13)24)25-20(27)12-32-23(30)14-4-6-17-18(10-14)22(29)26(21(17)28)11-16-3-2-8-31-16/h4-7,9-10,16H,2-3,8,11-12H2,1H3,(H,25,27)/t16-/m1/s1. The number of aryl methyl sites for hydroxylation is 1. The number of ether oxygens (including phenoxy) is 2. The highest BCUT2D eigenvalue weighted by molar-refractivity contribution is 9.10. The molecule has 1 N–H and O–H groups in total. The van der Waals surface area contributed by atoms with Crippen molar-refractivity contribution in [3.05, 3.63) is 63.1 Å². The zero-order chi connectivity index (χ0) is 22.8. The van der Waals surface area contributed by atoms with Crippen LogP contribution in [0.15, 0.2) is 40.9 Å². The molecule has 3 amide bonds. The molecule has 2 heterocycles. The van der Waals surface area contributed by atoms with Crippen LogP contribution < -0.4 is 5.32 Å². The number of halogens is 1. The molecule has 0 radical (unpaired) electrons. The normalized spacial score (nSPS) is 17.4. The summed E-state index contributed by atoms with van der Waals surface area (Å²) in [5.41, 5.74) is 2.02. The first-order chi connectivity index (χ1) is 15.3. The van der Waals surface area contributed by atoms with Gasteiger partial charge in [-0.25, -0.2) is 4.79 Å². The highest BCUT2D eigenvalue weighted by Gasteiger charge is 2.38. The highest BCUT2D eigenvalue weighted by Crippen LogP contribution is 2.26. The number of esters is 1. The number of nitrogens with one attached hydrogen (secondary N) is 1. The molecule has 0 bridgehead atoms. The maximum absolute atomic E-state index is 12.7. The Morgan fingerprint density at radius 3 is 2.66 bits per heavy atom. The van der Waals surface area contributed by atoms with E-state index in [-0.39, 0.29) is 29.3 Å². The summed E-state index contributed by atoms with van der Waals surface area (Å²) in [6, 6.07) is 9.51. The number of anilines is 1. The predicted molar refractivity (Wildman–Crippen MR) is 119 cm³/mol. The van der Waals surface area contributed by atoms with E-state index < -0.39 is 30.3 Å². The van der Waals surface area contributed by atoms with E-state index in [4.69, 9.17) is 9.47 Å². The van der Waals surface area contributed by atoms with Gasteiger partial charge in [0.05, 0.1) is 29.3 Å². The first-order valence-corrected chi connectivity index (χ1v) is 11.0. The fourth-order valence-electron chi connectivity index (χ4n) is 3.71. The van der Waals surface area contributed by atoms with E-state index in [9.17, 15) is 19.2 Å². The molecule has 0 aliphatic carbocycles. The number of carbonyl (C=O) groups excluding carboxylic acids is 4. The Morgan fingerprint density at radius 2 is 1.94 bits per heavy atom. The van der Waals surface area contributed by atoms with Crippen LogP contribution in [0.1, 0.15) is 49.5 Å². The maximum Gasteiger partial charge on any atom is 0.338 e. The highest BCUT2D eigenvalue weighted by atomic mass is 79.9. The number of hydrogen-bond donors (Lipinski definition) is 1. The summed E-state index contributed by atoms with van der Waals surface area (Å²) in [5, 5.41) is 2.66. The number of nitrogens with zero attached hydrogens (tertiary/aromatic N) is 1. The monoisotopic (exact) mass is 500 g/mol. The topological polar surface area (TPSA) is 102 Å². The Bertz CT molecular complexity index is 1110. The first kappa shape index (κ1) is 22.2. The molecule has 166 valence electrons. The van der Waals surface area contributed by atoms with Gasteiger partial charge in [-0.15, -0.1) is 0 Å². The lowest BCUT2D eigenvalue weighted by molar-refractivity contribution is -0.119. The SMILES string of the molecule is Cc1cc(NC(=O)COC(=O)c2ccc3c(c2)C(=O)N(C[C@H]2CCCO2)C3=O)ccc1Br. The molecule has 2 aromatic rings. The molecular weight excluding hydrogens is 480 g/mol. The minimum absolute atomic E-state index is 0.0937. The van der Waals surface area contributed by atoms with Crippen molar-refractivity contribution in [1.82, 2.24) is 4.90 Å². The number of rotatable bonds is 6. The van der Waals surface area contributed by atoms with Gasteiger partial charge >= 0.3 is 5.97 Å². The van der Waals surface area contributed by atoms with Crippen molar-refractivity contribution in [3.8, 4) is 0 Å². The lowest BCUT2D eigenvalue weighted by Crippen LogP contribution is -2.36. The average Bonchev–Trinajstić information content (AvgIpc) is 3.37. The summed E-state index contributed by atoms with van der Waals surface area (Å²) in [6.07, 6.45) is 1.54. The van der Waals surface area contributed by atoms with Crippen LogP contribution in [0.25, 0.3) is 0 Å². The lowest BCUT2D eigenvalue weighted by atomic mass is 10.1. The van der Waals surface area contributed by atoms with E-state index in [0.29, 0.717) is 12.3 Å². The zero-order valence-electron chi connectivity index (χ0n) is 17.4. The molecule has 4 rings (SSSR count). The van der Waals surface area contributed by atoms with Crippen molar-refractivity contribution < 1.29 is 28.7 Å². The Labute approximate surface area is 193 Å². The van der Waals surface area contributed by atoms with E-state index >= 15 is 0 Å². The van der Waals surface area contributed by atoms with Crippen LogP contribution in [-0.2, 0) is 14.3 Å². The Hall–Kier alpha value is -3.04. The third-order valence-electron chi connectivity index (χ3n) is 5.39. The van der Waals surface area contributed by atoms with Crippen LogP contribution >= 0.6 is 15.9 Å². The largest absolute Gasteiger partial charge is 0.452 e. The second kappa shape index (κ2) is 9.22. The van der Waals surface area contributed by atoms with Crippen LogP contribution in [-0.4, -0.2) is 54.5 Å². The fourth-order valence-corrected chi connectivity index (χ4v) is 3.96. The van der Waals surface area contributed by atoms with Crippen LogP contribution in [0.3, 0.4) is 0 Å². The Morgan fingerprint density at radius 1 is 1.16 bits per heavy atom. The van der Waals surface area contributed by atoms with Gasteiger partial charge in [0.2, 0.25) is 0 Å². The second-order valence-electron chi connectivity index (χ2n) is 7.70. The number of hydrogen-bond acceptors (Lipinski definition) is 6. The Kier molecular flexibility index (Phi) is 6.38. The third-order valence-corrected chi connectivity index (χ3v) is 6.28. The zero-order valence-corrected chi connectivity index (χ0v) is 18.9. The molecular formula is C23H21BrN2O6. The van der Waals surface area contributed by atoms with Gasteiger partial charge in [0, 0.05) is 16.8 Å². The van der Waals surface area contributed by atoms with Crippen molar-refractivity contribution in [2.24, 2.45) is 0 Å². The van der Waals surface area contributed by atoms with Gasteiger partial charge in [0.15, 0.2) is 6.61 Å². The van der Waals surface area contributed by atoms with Crippen LogP contribution in [0.5, 0.6) is 0 Å². The number of amides is 3. The van der Waals surface area contributed by atoms with E-state index in [1.165, 1.54) is 18.2 Å². The van der Waals surface area contributed by atoms with Gasteiger partial charge in [0.1, 0.15) is 0 Å². The summed E-state index contributed by atoms with van der Waals surface area (Å²) < 4.78 is 11.5. The van der Waals surface area contributed by atoms with Crippen molar-refractivity contribution in [1.29, 1.82) is 0 Å². The molecule has 2 aliphatic rings. The number of benzene rings is 2. The summed E-state index contributed by atoms with van der Waals surface area (Å²) >= 11 is 3.39. The average molecular weight is 501 g/mol. The molecule has 9 heteroatoms. The molecule has 1 fully saturated rings. The van der Waals surface area contributed by atoms with Crippen molar-refractivity contribution in [3.63, 3.8) is 0 Å². The third kappa shape index (κ3) is 4.58. The van der Waals surface area contributed by atoms with Gasteiger partial charge < -0.3 is 14.8 Å². The number of imide groups is 1. The molecule has 0 saturated carbocycles. The summed E-state index contributed by atoms with van der Waals surface area (Å²) in [6.45, 7) is 2.23. The molecule has 1 atom stereocenters. The van der Waals surface area contributed by atoms with E-state index in [2.05, 4.69) is 21.2 Å². The Balaban J connectivity index is 1.37. The van der Waals surface area contributed by atoms with E-state index in [0.717, 1.165) is 27.8 Å². The minimum atomic E-state index is -0.757. The molecule has 1 saturated heterocycles. The van der Waals surface area contributed by atoms with Crippen molar-refractivity contribution >= 4 is 45.3 Å². The molecule has 0 aromatic heterocycles. The molecule has 0 spiro atoms. The first-order valence-electron chi connectivity index (χ1n) is 10.2. The smallest absolute Gasteiger partial charge is 0.338 e. The summed E-state index contributed by atoms with van der Waals surface area (Å²) in [4.78, 5) is 51.0. The summed E-state index contributed by atoms with van der Waals surface area (Å²) in [7, 11) is 0. The maximum atomic E-state index is 12.7. The van der Waals surface area contributed by atoms with Gasteiger partial charge in [-0.1, -0.05) is 15.9 Å². The van der Waals surface area contributed by atoms with Gasteiger partial charge in [0.25, 0.3) is 17.7 Å². The van der Waals surface area contributed by atoms with Gasteiger partial charge in [-0.3, -0.25) is 19.3 Å². The molecule has 2 aromatic carbocycles. The minimum Gasteiger partial charge on any atom is -0.452 e. The van der Waals surface area contributed by atoms with E-state index in [1.807, 2.05) is 13.0 Å². The number of fused-ring (bicyclic) bond motifs is 1. The quantitative estimate of drug-likeness (QED) is 0.482. The molecule has 8 nitrogen and oxygen atoms in total. The summed E-state index contributed by atoms with van der Waals surface area (Å²) in [5.74, 6) is -2.11.